The molecule has 1 aromatic carbocycles. The van der Waals surface area contributed by atoms with E-state index in [1.54, 1.807) is 31.2 Å². The molecule has 0 heterocycles. The molecule has 0 aromatic heterocycles. The Morgan fingerprint density at radius 2 is 1.74 bits per heavy atom. The lowest BCUT2D eigenvalue weighted by Crippen LogP contribution is -2.41. The molecule has 23 heavy (non-hydrogen) atoms. The summed E-state index contributed by atoms with van der Waals surface area (Å²) in [4.78, 5) is 23.7. The van der Waals surface area contributed by atoms with Crippen LogP contribution in [0.3, 0.4) is 0 Å². The fraction of sp³-hybridized carbons (Fsp3) is 0.556. The number of amides is 1. The maximum atomic E-state index is 12.3. The van der Waals surface area contributed by atoms with Crippen molar-refractivity contribution in [1.29, 1.82) is 0 Å². The highest BCUT2D eigenvalue weighted by Gasteiger charge is 2.26. The zero-order valence-electron chi connectivity index (χ0n) is 13.5. The van der Waals surface area contributed by atoms with Crippen LogP contribution in [-0.2, 0) is 14.3 Å². The Balaban J connectivity index is 1.94. The van der Waals surface area contributed by atoms with E-state index in [0.29, 0.717) is 5.56 Å². The topological polar surface area (TPSA) is 75.6 Å². The third-order valence-corrected chi connectivity index (χ3v) is 4.23. The first-order valence-corrected chi connectivity index (χ1v) is 8.31. The highest BCUT2D eigenvalue weighted by atomic mass is 16.5. The summed E-state index contributed by atoms with van der Waals surface area (Å²) in [7, 11) is 0. The standard InChI is InChI=1S/C18H25NO4/c1-13(23-15-11-7-2-3-8-12-15)17(20)19-16(18(21)22)14-9-5-4-6-10-14/h4-6,9-10,13,15-16H,2-3,7-8,11-12H2,1H3,(H,19,20)(H,21,22)/t13?,16-/m1/s1. The highest BCUT2D eigenvalue weighted by molar-refractivity contribution is 5.86. The average Bonchev–Trinajstić information content (AvgIpc) is 2.81. The molecule has 2 atom stereocenters. The molecule has 1 aliphatic carbocycles. The van der Waals surface area contributed by atoms with Crippen molar-refractivity contribution >= 4 is 11.9 Å². The van der Waals surface area contributed by atoms with Gasteiger partial charge in [0.2, 0.25) is 5.91 Å². The van der Waals surface area contributed by atoms with Crippen LogP contribution in [0.1, 0.15) is 57.1 Å². The van der Waals surface area contributed by atoms with Crippen molar-refractivity contribution in [1.82, 2.24) is 5.32 Å². The lowest BCUT2D eigenvalue weighted by Gasteiger charge is -2.22. The van der Waals surface area contributed by atoms with E-state index >= 15 is 0 Å². The number of carbonyl (C=O) groups is 2. The number of carboxylic acids is 1. The predicted molar refractivity (Wildman–Crippen MR) is 87.0 cm³/mol. The molecule has 5 heteroatoms. The highest BCUT2D eigenvalue weighted by Crippen LogP contribution is 2.21. The van der Waals surface area contributed by atoms with E-state index < -0.39 is 18.1 Å². The Kier molecular flexibility index (Phi) is 6.59. The summed E-state index contributed by atoms with van der Waals surface area (Å²) in [5.74, 6) is -1.46. The lowest BCUT2D eigenvalue weighted by atomic mass is 10.1. The van der Waals surface area contributed by atoms with Crippen molar-refractivity contribution in [2.75, 3.05) is 0 Å². The van der Waals surface area contributed by atoms with Crippen LogP contribution >= 0.6 is 0 Å². The summed E-state index contributed by atoms with van der Waals surface area (Å²) in [5, 5.41) is 11.9. The molecule has 1 unspecified atom stereocenters. The molecule has 0 radical (unpaired) electrons. The van der Waals surface area contributed by atoms with Crippen LogP contribution in [-0.4, -0.2) is 29.2 Å². The lowest BCUT2D eigenvalue weighted by molar-refractivity contribution is -0.145. The minimum Gasteiger partial charge on any atom is -0.479 e. The number of ether oxygens (including phenoxy) is 1. The molecule has 1 aromatic rings. The smallest absolute Gasteiger partial charge is 0.330 e. The van der Waals surface area contributed by atoms with Crippen molar-refractivity contribution < 1.29 is 19.4 Å². The molecule has 1 aliphatic rings. The number of benzene rings is 1. The van der Waals surface area contributed by atoms with Gasteiger partial charge in [-0.3, -0.25) is 4.79 Å². The summed E-state index contributed by atoms with van der Waals surface area (Å²) in [6, 6.07) is 7.64. The van der Waals surface area contributed by atoms with Gasteiger partial charge in [0.15, 0.2) is 6.04 Å². The molecular formula is C18H25NO4. The normalized spacial score (nSPS) is 18.7. The summed E-state index contributed by atoms with van der Waals surface area (Å²) in [6.07, 6.45) is 6.08. The van der Waals surface area contributed by atoms with Gasteiger partial charge in [-0.25, -0.2) is 4.79 Å². The molecule has 0 aliphatic heterocycles. The van der Waals surface area contributed by atoms with Gasteiger partial charge in [-0.05, 0) is 25.3 Å². The van der Waals surface area contributed by atoms with Gasteiger partial charge in [-0.1, -0.05) is 56.0 Å². The summed E-state index contributed by atoms with van der Waals surface area (Å²) in [6.45, 7) is 1.68. The van der Waals surface area contributed by atoms with Gasteiger partial charge in [0, 0.05) is 0 Å². The van der Waals surface area contributed by atoms with Gasteiger partial charge in [0.05, 0.1) is 6.10 Å². The van der Waals surface area contributed by atoms with Gasteiger partial charge in [0.25, 0.3) is 0 Å². The van der Waals surface area contributed by atoms with Gasteiger partial charge in [-0.2, -0.15) is 0 Å². The zero-order valence-corrected chi connectivity index (χ0v) is 13.5. The molecule has 0 saturated heterocycles. The van der Waals surface area contributed by atoms with E-state index in [1.807, 2.05) is 6.07 Å². The number of hydrogen-bond acceptors (Lipinski definition) is 3. The third-order valence-electron chi connectivity index (χ3n) is 4.23. The Bertz CT molecular complexity index is 509. The van der Waals surface area contributed by atoms with Crippen LogP contribution in [0.25, 0.3) is 0 Å². The minimum absolute atomic E-state index is 0.0956. The van der Waals surface area contributed by atoms with Gasteiger partial charge < -0.3 is 15.2 Å². The fourth-order valence-corrected chi connectivity index (χ4v) is 2.92. The maximum Gasteiger partial charge on any atom is 0.330 e. The second-order valence-corrected chi connectivity index (χ2v) is 6.08. The Morgan fingerprint density at radius 1 is 1.13 bits per heavy atom. The van der Waals surface area contributed by atoms with Gasteiger partial charge in [-0.15, -0.1) is 0 Å². The first kappa shape index (κ1) is 17.5. The number of hydrogen-bond donors (Lipinski definition) is 2. The number of aliphatic carboxylic acids is 1. The molecular weight excluding hydrogens is 294 g/mol. The van der Waals surface area contributed by atoms with Crippen LogP contribution in [0, 0.1) is 0 Å². The SMILES string of the molecule is CC(OC1CCCCCC1)C(=O)N[C@@H](C(=O)O)c1ccccc1. The van der Waals surface area contributed by atoms with Crippen LogP contribution < -0.4 is 5.32 Å². The molecule has 0 spiro atoms. The Hall–Kier alpha value is -1.88. The van der Waals surface area contributed by atoms with Crippen LogP contribution in [0.5, 0.6) is 0 Å². The second kappa shape index (κ2) is 8.67. The molecule has 5 nitrogen and oxygen atoms in total. The number of carboxylic acid groups (broad SMARTS) is 1. The average molecular weight is 319 g/mol. The van der Waals surface area contributed by atoms with E-state index in [-0.39, 0.29) is 12.0 Å². The van der Waals surface area contributed by atoms with Crippen LogP contribution in [0.4, 0.5) is 0 Å². The monoisotopic (exact) mass is 319 g/mol. The first-order chi connectivity index (χ1) is 11.1. The largest absolute Gasteiger partial charge is 0.479 e. The third kappa shape index (κ3) is 5.36. The van der Waals surface area contributed by atoms with Crippen LogP contribution in [0.2, 0.25) is 0 Å². The van der Waals surface area contributed by atoms with Gasteiger partial charge in [0.1, 0.15) is 6.10 Å². The van der Waals surface area contributed by atoms with E-state index in [1.165, 1.54) is 12.8 Å². The minimum atomic E-state index is -1.08. The van der Waals surface area contributed by atoms with E-state index in [2.05, 4.69) is 5.32 Å². The summed E-state index contributed by atoms with van der Waals surface area (Å²) < 4.78 is 5.84. The zero-order chi connectivity index (χ0) is 16.7. The van der Waals surface area contributed by atoms with E-state index in [9.17, 15) is 14.7 Å². The summed E-state index contributed by atoms with van der Waals surface area (Å²) >= 11 is 0. The molecule has 126 valence electrons. The number of nitrogens with one attached hydrogen (secondary N) is 1. The molecule has 1 amide bonds. The first-order valence-electron chi connectivity index (χ1n) is 8.31. The molecule has 0 bridgehead atoms. The van der Waals surface area contributed by atoms with Crippen molar-refractivity contribution in [2.24, 2.45) is 0 Å². The van der Waals surface area contributed by atoms with E-state index in [0.717, 1.165) is 25.7 Å². The predicted octanol–water partition coefficient (Wildman–Crippen LogP) is 3.06. The van der Waals surface area contributed by atoms with Gasteiger partial charge >= 0.3 is 5.97 Å². The maximum absolute atomic E-state index is 12.3. The molecule has 1 fully saturated rings. The van der Waals surface area contributed by atoms with Crippen molar-refractivity contribution in [3.8, 4) is 0 Å². The Labute approximate surface area is 137 Å². The number of carbonyl (C=O) groups excluding carboxylic acids is 1. The molecule has 1 saturated carbocycles. The van der Waals surface area contributed by atoms with Crippen LogP contribution in [0.15, 0.2) is 30.3 Å². The molecule has 2 rings (SSSR count). The quantitative estimate of drug-likeness (QED) is 0.790. The fourth-order valence-electron chi connectivity index (χ4n) is 2.92. The second-order valence-electron chi connectivity index (χ2n) is 6.08. The van der Waals surface area contributed by atoms with E-state index in [4.69, 9.17) is 4.74 Å². The van der Waals surface area contributed by atoms with Crippen molar-refractivity contribution in [3.63, 3.8) is 0 Å². The molecule has 2 N–H and O–H groups in total. The van der Waals surface area contributed by atoms with Crippen molar-refractivity contribution in [3.05, 3.63) is 35.9 Å². The Morgan fingerprint density at radius 3 is 2.30 bits per heavy atom. The number of rotatable bonds is 6. The summed E-state index contributed by atoms with van der Waals surface area (Å²) in [5.41, 5.74) is 0.551. The van der Waals surface area contributed by atoms with Crippen molar-refractivity contribution in [2.45, 2.75) is 63.7 Å².